The van der Waals surface area contributed by atoms with Gasteiger partial charge in [-0.3, -0.25) is 9.79 Å². The third kappa shape index (κ3) is 5.38. The van der Waals surface area contributed by atoms with Crippen LogP contribution in [0.25, 0.3) is 0 Å². The molecule has 0 radical (unpaired) electrons. The molecule has 1 amide bonds. The van der Waals surface area contributed by atoms with E-state index in [2.05, 4.69) is 51.3 Å². The summed E-state index contributed by atoms with van der Waals surface area (Å²) in [5, 5.41) is 3.28. The van der Waals surface area contributed by atoms with Gasteiger partial charge in [-0.1, -0.05) is 12.1 Å². The van der Waals surface area contributed by atoms with Crippen LogP contribution in [-0.2, 0) is 6.54 Å². The number of nitrogens with zero attached hydrogens (tertiary/aromatic N) is 3. The number of halogens is 1. The molecule has 2 aromatic rings. The largest absolute Gasteiger partial charge is 0.454 e. The maximum Gasteiger partial charge on any atom is 0.284 e. The lowest BCUT2D eigenvalue weighted by Crippen LogP contribution is -2.52. The van der Waals surface area contributed by atoms with Crippen molar-refractivity contribution in [3.8, 4) is 0 Å². The van der Waals surface area contributed by atoms with Crippen molar-refractivity contribution in [1.29, 1.82) is 0 Å². The van der Waals surface area contributed by atoms with Gasteiger partial charge < -0.3 is 25.3 Å². The van der Waals surface area contributed by atoms with Gasteiger partial charge in [-0.15, -0.1) is 24.0 Å². The zero-order valence-electron chi connectivity index (χ0n) is 15.6. The molecule has 1 fully saturated rings. The summed E-state index contributed by atoms with van der Waals surface area (Å²) in [6.45, 7) is 6.23. The number of guanidine groups is 1. The van der Waals surface area contributed by atoms with E-state index in [1.807, 2.05) is 0 Å². The van der Waals surface area contributed by atoms with Crippen molar-refractivity contribution in [3.63, 3.8) is 0 Å². The van der Waals surface area contributed by atoms with E-state index < -0.39 is 5.91 Å². The summed E-state index contributed by atoms with van der Waals surface area (Å²) in [6, 6.07) is 11.9. The predicted molar refractivity (Wildman–Crippen MR) is 118 cm³/mol. The van der Waals surface area contributed by atoms with Gasteiger partial charge in [0, 0.05) is 38.9 Å². The Kier molecular flexibility index (Phi) is 7.52. The first kappa shape index (κ1) is 21.1. The molecule has 1 aromatic heterocycles. The fourth-order valence-corrected chi connectivity index (χ4v) is 3.10. The molecule has 3 N–H and O–H groups in total. The Balaban J connectivity index is 0.00000261. The molecular weight excluding hydrogens is 457 g/mol. The number of rotatable bonds is 4. The molecule has 27 heavy (non-hydrogen) atoms. The van der Waals surface area contributed by atoms with Crippen LogP contribution in [-0.4, -0.2) is 50.0 Å². The first-order valence-corrected chi connectivity index (χ1v) is 8.72. The first-order chi connectivity index (χ1) is 12.6. The van der Waals surface area contributed by atoms with Gasteiger partial charge in [-0.2, -0.15) is 0 Å². The number of benzene rings is 1. The van der Waals surface area contributed by atoms with Crippen LogP contribution in [0, 0.1) is 6.92 Å². The Bertz CT molecular complexity index is 797. The number of carbonyl (C=O) groups excluding carboxylic acids is 1. The van der Waals surface area contributed by atoms with Crippen molar-refractivity contribution in [2.24, 2.45) is 10.7 Å². The Morgan fingerprint density at radius 2 is 1.96 bits per heavy atom. The number of nitrogens with one attached hydrogen (secondary N) is 1. The van der Waals surface area contributed by atoms with Crippen LogP contribution in [0.1, 0.15) is 21.9 Å². The monoisotopic (exact) mass is 483 g/mol. The van der Waals surface area contributed by atoms with E-state index in [1.165, 1.54) is 11.3 Å². The second kappa shape index (κ2) is 9.63. The zero-order valence-corrected chi connectivity index (χ0v) is 18.0. The molecule has 1 saturated heterocycles. The maximum absolute atomic E-state index is 11.1. The van der Waals surface area contributed by atoms with Crippen LogP contribution in [0.15, 0.2) is 45.8 Å². The number of piperazine rings is 1. The van der Waals surface area contributed by atoms with Crippen molar-refractivity contribution in [1.82, 2.24) is 10.2 Å². The third-order valence-corrected chi connectivity index (χ3v) is 4.48. The normalized spacial score (nSPS) is 14.7. The summed E-state index contributed by atoms with van der Waals surface area (Å²) in [7, 11) is 1.77. The number of amides is 1. The number of hydrogen-bond donors (Lipinski definition) is 2. The van der Waals surface area contributed by atoms with Gasteiger partial charge in [0.2, 0.25) is 0 Å². The quantitative estimate of drug-likeness (QED) is 0.396. The number of nitrogens with two attached hydrogens (primary N) is 1. The molecule has 0 saturated carbocycles. The average Bonchev–Trinajstić information content (AvgIpc) is 3.12. The molecule has 146 valence electrons. The number of hydrogen-bond acceptors (Lipinski definition) is 4. The molecule has 7 nitrogen and oxygen atoms in total. The van der Waals surface area contributed by atoms with Gasteiger partial charge in [0.15, 0.2) is 11.7 Å². The van der Waals surface area contributed by atoms with Gasteiger partial charge >= 0.3 is 0 Å². The van der Waals surface area contributed by atoms with Crippen LogP contribution in [0.3, 0.4) is 0 Å². The highest BCUT2D eigenvalue weighted by atomic mass is 127. The van der Waals surface area contributed by atoms with Crippen LogP contribution in [0.2, 0.25) is 0 Å². The van der Waals surface area contributed by atoms with Gasteiger partial charge in [0.05, 0.1) is 6.54 Å². The van der Waals surface area contributed by atoms with E-state index in [1.54, 1.807) is 19.2 Å². The lowest BCUT2D eigenvalue weighted by atomic mass is 10.2. The Morgan fingerprint density at radius 1 is 1.22 bits per heavy atom. The molecule has 8 heteroatoms. The number of anilines is 1. The Labute approximate surface area is 176 Å². The molecular formula is C19H26IN5O2. The van der Waals surface area contributed by atoms with Crippen molar-refractivity contribution < 1.29 is 9.21 Å². The standard InChI is InChI=1S/C19H25N5O2.HI/c1-14-4-3-5-15(12-14)23-8-10-24(11-9-23)19(21-2)22-13-16-6-7-17(26-16)18(20)25;/h3-7,12H,8-11,13H2,1-2H3,(H2,20,25)(H,21,22);1H. The van der Waals surface area contributed by atoms with Crippen molar-refractivity contribution in [2.75, 3.05) is 38.1 Å². The summed E-state index contributed by atoms with van der Waals surface area (Å²) in [6.07, 6.45) is 0. The molecule has 0 spiro atoms. The first-order valence-electron chi connectivity index (χ1n) is 8.72. The smallest absolute Gasteiger partial charge is 0.284 e. The Morgan fingerprint density at radius 3 is 2.56 bits per heavy atom. The molecule has 0 unspecified atom stereocenters. The predicted octanol–water partition coefficient (Wildman–Crippen LogP) is 2.20. The highest BCUT2D eigenvalue weighted by molar-refractivity contribution is 14.0. The molecule has 2 heterocycles. The molecule has 0 aliphatic carbocycles. The minimum absolute atomic E-state index is 0. The molecule has 1 aromatic carbocycles. The van der Waals surface area contributed by atoms with Crippen LogP contribution in [0.5, 0.6) is 0 Å². The van der Waals surface area contributed by atoms with E-state index in [-0.39, 0.29) is 29.7 Å². The fourth-order valence-electron chi connectivity index (χ4n) is 3.10. The molecule has 1 aliphatic rings. The second-order valence-electron chi connectivity index (χ2n) is 6.34. The Hall–Kier alpha value is -2.23. The fraction of sp³-hybridized carbons (Fsp3) is 0.368. The van der Waals surface area contributed by atoms with Gasteiger partial charge in [0.1, 0.15) is 5.76 Å². The highest BCUT2D eigenvalue weighted by Gasteiger charge is 2.20. The highest BCUT2D eigenvalue weighted by Crippen LogP contribution is 2.18. The number of aryl methyl sites for hydroxylation is 1. The number of carbonyl (C=O) groups is 1. The average molecular weight is 483 g/mol. The molecule has 1 aliphatic heterocycles. The SMILES string of the molecule is CN=C(NCc1ccc(C(N)=O)o1)N1CCN(c2cccc(C)c2)CC1.I. The molecule has 0 atom stereocenters. The topological polar surface area (TPSA) is 87.1 Å². The van der Waals surface area contributed by atoms with Crippen LogP contribution in [0.4, 0.5) is 5.69 Å². The minimum atomic E-state index is -0.562. The van der Waals surface area contributed by atoms with Gasteiger partial charge in [-0.05, 0) is 36.8 Å². The van der Waals surface area contributed by atoms with E-state index in [9.17, 15) is 4.79 Å². The number of primary amides is 1. The van der Waals surface area contributed by atoms with Crippen molar-refractivity contribution >= 4 is 41.5 Å². The van der Waals surface area contributed by atoms with E-state index in [0.29, 0.717) is 12.3 Å². The van der Waals surface area contributed by atoms with Crippen LogP contribution >= 0.6 is 24.0 Å². The summed E-state index contributed by atoms with van der Waals surface area (Å²) in [5.74, 6) is 1.08. The third-order valence-electron chi connectivity index (χ3n) is 4.48. The number of aliphatic imine (C=N–C) groups is 1. The van der Waals surface area contributed by atoms with Crippen molar-refractivity contribution in [3.05, 3.63) is 53.5 Å². The van der Waals surface area contributed by atoms with E-state index in [0.717, 1.165) is 32.1 Å². The molecule has 3 rings (SSSR count). The van der Waals surface area contributed by atoms with Crippen LogP contribution < -0.4 is 16.0 Å². The number of furan rings is 1. The maximum atomic E-state index is 11.1. The van der Waals surface area contributed by atoms with E-state index >= 15 is 0 Å². The second-order valence-corrected chi connectivity index (χ2v) is 6.34. The summed E-state index contributed by atoms with van der Waals surface area (Å²) in [5.41, 5.74) is 7.75. The van der Waals surface area contributed by atoms with E-state index in [4.69, 9.17) is 10.2 Å². The summed E-state index contributed by atoms with van der Waals surface area (Å²) < 4.78 is 5.39. The van der Waals surface area contributed by atoms with Crippen molar-refractivity contribution in [2.45, 2.75) is 13.5 Å². The van der Waals surface area contributed by atoms with Gasteiger partial charge in [0.25, 0.3) is 5.91 Å². The molecule has 0 bridgehead atoms. The summed E-state index contributed by atoms with van der Waals surface area (Å²) in [4.78, 5) is 20.1. The summed E-state index contributed by atoms with van der Waals surface area (Å²) >= 11 is 0. The zero-order chi connectivity index (χ0) is 18.5. The lowest BCUT2D eigenvalue weighted by Gasteiger charge is -2.37. The van der Waals surface area contributed by atoms with Gasteiger partial charge in [-0.25, -0.2) is 0 Å². The minimum Gasteiger partial charge on any atom is -0.454 e. The lowest BCUT2D eigenvalue weighted by molar-refractivity contribution is 0.0972.